The second-order valence-electron chi connectivity index (χ2n) is 5.74. The van der Waals surface area contributed by atoms with Gasteiger partial charge in [-0.05, 0) is 18.2 Å². The number of rotatable bonds is 7. The number of aromatic nitrogens is 4. The standard InChI is InChI=1S/C17H21N5O2/c1-12(11-22-9-3-7-19-22)17(23)18-8-6-16-20-14-5-4-13(24-2)10-15(14)21-16/h3-5,7,9-10,12H,6,8,11H2,1-2H3,(H,18,23)(H,20,21)/t12-/m1/s1. The van der Waals surface area contributed by atoms with Gasteiger partial charge in [0.05, 0.1) is 30.6 Å². The molecular weight excluding hydrogens is 306 g/mol. The first-order chi connectivity index (χ1) is 11.7. The summed E-state index contributed by atoms with van der Waals surface area (Å²) in [5, 5.41) is 7.06. The Balaban J connectivity index is 1.51. The number of aromatic amines is 1. The van der Waals surface area contributed by atoms with Crippen molar-refractivity contribution in [1.29, 1.82) is 0 Å². The number of fused-ring (bicyclic) bond motifs is 1. The molecule has 0 aliphatic heterocycles. The fourth-order valence-corrected chi connectivity index (χ4v) is 2.54. The molecule has 0 fully saturated rings. The molecule has 7 heteroatoms. The van der Waals surface area contributed by atoms with E-state index in [1.165, 1.54) is 0 Å². The predicted molar refractivity (Wildman–Crippen MR) is 90.8 cm³/mol. The quantitative estimate of drug-likeness (QED) is 0.692. The van der Waals surface area contributed by atoms with Gasteiger partial charge in [0.25, 0.3) is 0 Å². The van der Waals surface area contributed by atoms with Crippen molar-refractivity contribution in [1.82, 2.24) is 25.1 Å². The van der Waals surface area contributed by atoms with E-state index in [2.05, 4.69) is 20.4 Å². The van der Waals surface area contributed by atoms with E-state index in [9.17, 15) is 4.79 Å². The Labute approximate surface area is 140 Å². The number of hydrogen-bond donors (Lipinski definition) is 2. The molecule has 3 rings (SSSR count). The van der Waals surface area contributed by atoms with Crippen molar-refractivity contribution in [2.75, 3.05) is 13.7 Å². The van der Waals surface area contributed by atoms with E-state index in [0.29, 0.717) is 19.5 Å². The van der Waals surface area contributed by atoms with Crippen LogP contribution in [0.3, 0.4) is 0 Å². The van der Waals surface area contributed by atoms with Crippen LogP contribution < -0.4 is 10.1 Å². The molecule has 1 amide bonds. The number of hydrogen-bond acceptors (Lipinski definition) is 4. The topological polar surface area (TPSA) is 84.8 Å². The third-order valence-electron chi connectivity index (χ3n) is 3.87. The van der Waals surface area contributed by atoms with E-state index in [0.717, 1.165) is 22.6 Å². The lowest BCUT2D eigenvalue weighted by atomic mass is 10.1. The number of carbonyl (C=O) groups is 1. The Morgan fingerprint density at radius 2 is 2.33 bits per heavy atom. The van der Waals surface area contributed by atoms with E-state index < -0.39 is 0 Å². The van der Waals surface area contributed by atoms with Crippen LogP contribution in [0.4, 0.5) is 0 Å². The number of ether oxygens (including phenoxy) is 1. The van der Waals surface area contributed by atoms with Crippen LogP contribution in [0, 0.1) is 5.92 Å². The number of H-pyrrole nitrogens is 1. The molecule has 126 valence electrons. The third-order valence-corrected chi connectivity index (χ3v) is 3.87. The zero-order valence-corrected chi connectivity index (χ0v) is 13.8. The number of amides is 1. The van der Waals surface area contributed by atoms with Crippen LogP contribution >= 0.6 is 0 Å². The van der Waals surface area contributed by atoms with Gasteiger partial charge in [-0.1, -0.05) is 6.92 Å². The molecule has 1 aromatic carbocycles. The Kier molecular flexibility index (Phi) is 4.79. The van der Waals surface area contributed by atoms with Gasteiger partial charge in [0.1, 0.15) is 11.6 Å². The first-order valence-electron chi connectivity index (χ1n) is 7.93. The average molecular weight is 327 g/mol. The minimum atomic E-state index is -0.134. The van der Waals surface area contributed by atoms with E-state index in [4.69, 9.17) is 4.74 Å². The van der Waals surface area contributed by atoms with Crippen LogP contribution in [0.1, 0.15) is 12.7 Å². The highest BCUT2D eigenvalue weighted by atomic mass is 16.5. The van der Waals surface area contributed by atoms with Crippen molar-refractivity contribution < 1.29 is 9.53 Å². The van der Waals surface area contributed by atoms with Crippen molar-refractivity contribution >= 4 is 16.9 Å². The van der Waals surface area contributed by atoms with Gasteiger partial charge < -0.3 is 15.0 Å². The first-order valence-corrected chi connectivity index (χ1v) is 7.93. The lowest BCUT2D eigenvalue weighted by Gasteiger charge is -2.11. The number of nitrogens with one attached hydrogen (secondary N) is 2. The Hall–Kier alpha value is -2.83. The highest BCUT2D eigenvalue weighted by Gasteiger charge is 2.13. The van der Waals surface area contributed by atoms with Crippen molar-refractivity contribution in [3.8, 4) is 5.75 Å². The summed E-state index contributed by atoms with van der Waals surface area (Å²) in [7, 11) is 1.64. The molecule has 0 radical (unpaired) electrons. The van der Waals surface area contributed by atoms with Crippen LogP contribution in [0.15, 0.2) is 36.7 Å². The molecule has 2 aromatic heterocycles. The molecule has 0 unspecified atom stereocenters. The molecule has 0 saturated carbocycles. The minimum absolute atomic E-state index is 0.0169. The van der Waals surface area contributed by atoms with E-state index in [-0.39, 0.29) is 11.8 Å². The smallest absolute Gasteiger partial charge is 0.224 e. The second kappa shape index (κ2) is 7.16. The Morgan fingerprint density at radius 1 is 1.46 bits per heavy atom. The normalized spacial score (nSPS) is 12.2. The Morgan fingerprint density at radius 3 is 3.08 bits per heavy atom. The number of imidazole rings is 1. The summed E-state index contributed by atoms with van der Waals surface area (Å²) in [6.07, 6.45) is 4.21. The summed E-state index contributed by atoms with van der Waals surface area (Å²) in [5.74, 6) is 1.52. The first kappa shape index (κ1) is 16.0. The lowest BCUT2D eigenvalue weighted by molar-refractivity contribution is -0.124. The monoisotopic (exact) mass is 327 g/mol. The number of methoxy groups -OCH3 is 1. The molecule has 3 aromatic rings. The summed E-state index contributed by atoms with van der Waals surface area (Å²) in [5.41, 5.74) is 1.83. The molecular formula is C17H21N5O2. The molecule has 2 N–H and O–H groups in total. The summed E-state index contributed by atoms with van der Waals surface area (Å²) >= 11 is 0. The van der Waals surface area contributed by atoms with Crippen molar-refractivity contribution in [2.24, 2.45) is 5.92 Å². The summed E-state index contributed by atoms with van der Waals surface area (Å²) in [4.78, 5) is 19.9. The van der Waals surface area contributed by atoms with Gasteiger partial charge in [0.2, 0.25) is 5.91 Å². The van der Waals surface area contributed by atoms with E-state index >= 15 is 0 Å². The summed E-state index contributed by atoms with van der Waals surface area (Å²) < 4.78 is 6.96. The molecule has 0 aliphatic rings. The predicted octanol–water partition coefficient (Wildman–Crippen LogP) is 1.76. The minimum Gasteiger partial charge on any atom is -0.497 e. The number of benzene rings is 1. The van der Waals surface area contributed by atoms with Gasteiger partial charge in [-0.2, -0.15) is 5.10 Å². The van der Waals surface area contributed by atoms with Crippen molar-refractivity contribution in [3.63, 3.8) is 0 Å². The summed E-state index contributed by atoms with van der Waals surface area (Å²) in [6, 6.07) is 7.56. The maximum Gasteiger partial charge on any atom is 0.224 e. The fourth-order valence-electron chi connectivity index (χ4n) is 2.54. The number of carbonyl (C=O) groups excluding carboxylic acids is 1. The van der Waals surface area contributed by atoms with E-state index in [1.807, 2.05) is 37.4 Å². The van der Waals surface area contributed by atoms with Gasteiger partial charge in [-0.3, -0.25) is 9.48 Å². The fraction of sp³-hybridized carbons (Fsp3) is 0.353. The molecule has 24 heavy (non-hydrogen) atoms. The molecule has 0 spiro atoms. The lowest BCUT2D eigenvalue weighted by Crippen LogP contribution is -2.33. The Bertz CT molecular complexity index is 810. The zero-order valence-electron chi connectivity index (χ0n) is 13.8. The maximum absolute atomic E-state index is 12.1. The molecule has 1 atom stereocenters. The summed E-state index contributed by atoms with van der Waals surface area (Å²) in [6.45, 7) is 3.01. The number of nitrogens with zero attached hydrogens (tertiary/aromatic N) is 3. The van der Waals surface area contributed by atoms with Gasteiger partial charge in [-0.25, -0.2) is 4.98 Å². The molecule has 0 saturated heterocycles. The highest BCUT2D eigenvalue weighted by molar-refractivity contribution is 5.78. The SMILES string of the molecule is COc1ccc2nc(CCNC(=O)[C@H](C)Cn3cccn3)[nH]c2c1. The van der Waals surface area contributed by atoms with Crippen LogP contribution in [0.25, 0.3) is 11.0 Å². The third kappa shape index (κ3) is 3.73. The van der Waals surface area contributed by atoms with Gasteiger partial charge in [0, 0.05) is 31.4 Å². The van der Waals surface area contributed by atoms with Crippen molar-refractivity contribution in [2.45, 2.75) is 19.9 Å². The largest absolute Gasteiger partial charge is 0.497 e. The highest BCUT2D eigenvalue weighted by Crippen LogP contribution is 2.18. The zero-order chi connectivity index (χ0) is 16.9. The van der Waals surface area contributed by atoms with Crippen LogP contribution in [0.2, 0.25) is 0 Å². The molecule has 0 aliphatic carbocycles. The van der Waals surface area contributed by atoms with E-state index in [1.54, 1.807) is 18.0 Å². The molecule has 2 heterocycles. The van der Waals surface area contributed by atoms with Gasteiger partial charge >= 0.3 is 0 Å². The molecule has 7 nitrogen and oxygen atoms in total. The van der Waals surface area contributed by atoms with Crippen LogP contribution in [-0.4, -0.2) is 39.3 Å². The molecule has 0 bridgehead atoms. The van der Waals surface area contributed by atoms with Crippen LogP contribution in [0.5, 0.6) is 5.75 Å². The van der Waals surface area contributed by atoms with Crippen LogP contribution in [-0.2, 0) is 17.8 Å². The maximum atomic E-state index is 12.1. The second-order valence-corrected chi connectivity index (χ2v) is 5.74. The van der Waals surface area contributed by atoms with Gasteiger partial charge in [-0.15, -0.1) is 0 Å². The van der Waals surface area contributed by atoms with Crippen molar-refractivity contribution in [3.05, 3.63) is 42.5 Å². The van der Waals surface area contributed by atoms with Gasteiger partial charge in [0.15, 0.2) is 0 Å². The average Bonchev–Trinajstić information content (AvgIpc) is 3.22.